The van der Waals surface area contributed by atoms with Gasteiger partial charge in [0.2, 0.25) is 11.8 Å². The van der Waals surface area contributed by atoms with Gasteiger partial charge in [0.25, 0.3) is 5.91 Å². The summed E-state index contributed by atoms with van der Waals surface area (Å²) in [5, 5.41) is 15.8. The van der Waals surface area contributed by atoms with E-state index in [1.54, 1.807) is 0 Å². The molecule has 1 heterocycles. The molecule has 10 heteroatoms. The van der Waals surface area contributed by atoms with Crippen molar-refractivity contribution in [2.24, 2.45) is 0 Å². The lowest BCUT2D eigenvalue weighted by Crippen LogP contribution is -2.46. The van der Waals surface area contributed by atoms with Gasteiger partial charge >= 0.3 is 5.97 Å². The van der Waals surface area contributed by atoms with Gasteiger partial charge in [0, 0.05) is 32.3 Å². The Balaban J connectivity index is 2.89. The fraction of sp³-hybridized carbons (Fsp3) is 0.462. The van der Waals surface area contributed by atoms with Crippen molar-refractivity contribution in [2.75, 3.05) is 18.4 Å². The third kappa shape index (κ3) is 5.66. The number of hydrogen-bond acceptors (Lipinski definition) is 6. The molecule has 0 bridgehead atoms. The first kappa shape index (κ1) is 18.6. The number of aromatic nitrogens is 1. The van der Waals surface area contributed by atoms with Crippen LogP contribution in [0.25, 0.3) is 0 Å². The van der Waals surface area contributed by atoms with Gasteiger partial charge in [-0.3, -0.25) is 14.4 Å². The second-order valence-corrected chi connectivity index (χ2v) is 5.57. The van der Waals surface area contributed by atoms with E-state index in [9.17, 15) is 19.2 Å². The number of aliphatic carboxylic acids is 1. The van der Waals surface area contributed by atoms with E-state index in [-0.39, 0.29) is 35.7 Å². The Bertz CT molecular complexity index is 615. The van der Waals surface area contributed by atoms with Crippen LogP contribution in [0.2, 0.25) is 0 Å². The minimum absolute atomic E-state index is 0.0267. The molecule has 1 atom stereocenters. The van der Waals surface area contributed by atoms with Crippen molar-refractivity contribution in [3.63, 3.8) is 0 Å². The lowest BCUT2D eigenvalue weighted by Gasteiger charge is -2.25. The summed E-state index contributed by atoms with van der Waals surface area (Å²) < 4.78 is 0. The van der Waals surface area contributed by atoms with Crippen molar-refractivity contribution >= 4 is 40.2 Å². The van der Waals surface area contributed by atoms with Crippen molar-refractivity contribution in [1.29, 1.82) is 0 Å². The number of carbonyl (C=O) groups excluding carboxylic acids is 3. The molecule has 3 N–H and O–H groups in total. The molecular formula is C13H18N4O5S. The lowest BCUT2D eigenvalue weighted by molar-refractivity contribution is -0.141. The molecule has 0 saturated carbocycles. The first-order valence-corrected chi connectivity index (χ1v) is 7.61. The van der Waals surface area contributed by atoms with Crippen LogP contribution in [0.4, 0.5) is 5.13 Å². The summed E-state index contributed by atoms with van der Waals surface area (Å²) >= 11 is 1.06. The van der Waals surface area contributed by atoms with E-state index in [2.05, 4.69) is 15.6 Å². The maximum Gasteiger partial charge on any atom is 0.326 e. The molecular weight excluding hydrogens is 324 g/mol. The second-order valence-electron chi connectivity index (χ2n) is 4.71. The van der Waals surface area contributed by atoms with Gasteiger partial charge in [-0.25, -0.2) is 9.78 Å². The summed E-state index contributed by atoms with van der Waals surface area (Å²) in [6.45, 7) is 4.16. The van der Waals surface area contributed by atoms with E-state index < -0.39 is 17.9 Å². The van der Waals surface area contributed by atoms with Crippen molar-refractivity contribution in [2.45, 2.75) is 26.8 Å². The van der Waals surface area contributed by atoms with Crippen molar-refractivity contribution in [3.05, 3.63) is 11.1 Å². The van der Waals surface area contributed by atoms with E-state index in [4.69, 9.17) is 5.11 Å². The smallest absolute Gasteiger partial charge is 0.326 e. The number of carboxylic acid groups (broad SMARTS) is 1. The predicted molar refractivity (Wildman–Crippen MR) is 83.2 cm³/mol. The van der Waals surface area contributed by atoms with Gasteiger partial charge in [0.1, 0.15) is 11.7 Å². The quantitative estimate of drug-likeness (QED) is 0.647. The molecule has 0 aliphatic carbocycles. The van der Waals surface area contributed by atoms with E-state index in [0.717, 1.165) is 16.2 Å². The van der Waals surface area contributed by atoms with Crippen LogP contribution in [0.3, 0.4) is 0 Å². The normalized spacial score (nSPS) is 11.4. The summed E-state index contributed by atoms with van der Waals surface area (Å²) in [4.78, 5) is 50.6. The van der Waals surface area contributed by atoms with E-state index in [1.165, 1.54) is 26.2 Å². The van der Waals surface area contributed by atoms with Crippen LogP contribution in [0.15, 0.2) is 5.38 Å². The molecule has 0 saturated heterocycles. The average Bonchev–Trinajstić information content (AvgIpc) is 2.89. The maximum atomic E-state index is 12.4. The zero-order valence-electron chi connectivity index (χ0n) is 13.0. The van der Waals surface area contributed by atoms with Crippen LogP contribution < -0.4 is 10.6 Å². The highest BCUT2D eigenvalue weighted by Gasteiger charge is 2.27. The second kappa shape index (κ2) is 8.22. The topological polar surface area (TPSA) is 129 Å². The number of nitrogens with zero attached hydrogens (tertiary/aromatic N) is 2. The van der Waals surface area contributed by atoms with Crippen LogP contribution in [-0.4, -0.2) is 57.8 Å². The maximum absolute atomic E-state index is 12.4. The highest BCUT2D eigenvalue weighted by atomic mass is 32.1. The number of rotatable bonds is 7. The van der Waals surface area contributed by atoms with Crippen LogP contribution in [0.5, 0.6) is 0 Å². The molecule has 0 radical (unpaired) electrons. The third-order valence-corrected chi connectivity index (χ3v) is 3.58. The zero-order chi connectivity index (χ0) is 17.6. The summed E-state index contributed by atoms with van der Waals surface area (Å²) in [5.41, 5.74) is 0.0367. The van der Waals surface area contributed by atoms with Crippen LogP contribution >= 0.6 is 11.3 Å². The van der Waals surface area contributed by atoms with Crippen molar-refractivity contribution < 1.29 is 24.3 Å². The Morgan fingerprint density at radius 3 is 2.48 bits per heavy atom. The minimum Gasteiger partial charge on any atom is -0.480 e. The summed E-state index contributed by atoms with van der Waals surface area (Å²) in [7, 11) is 0. The molecule has 9 nitrogen and oxygen atoms in total. The molecule has 3 amide bonds. The van der Waals surface area contributed by atoms with Crippen molar-refractivity contribution in [3.8, 4) is 0 Å². The summed E-state index contributed by atoms with van der Waals surface area (Å²) in [6.07, 6.45) is 0. The van der Waals surface area contributed by atoms with Gasteiger partial charge in [-0.2, -0.15) is 0 Å². The predicted octanol–water partition coefficient (Wildman–Crippen LogP) is 0.153. The Hall–Kier alpha value is -2.49. The first-order valence-electron chi connectivity index (χ1n) is 6.73. The van der Waals surface area contributed by atoms with E-state index in [0.29, 0.717) is 0 Å². The van der Waals surface area contributed by atoms with Crippen LogP contribution in [0, 0.1) is 0 Å². The van der Waals surface area contributed by atoms with Gasteiger partial charge in [-0.1, -0.05) is 0 Å². The van der Waals surface area contributed by atoms with Gasteiger partial charge in [0.05, 0.1) is 0 Å². The Kier molecular flexibility index (Phi) is 6.64. The third-order valence-electron chi connectivity index (χ3n) is 2.82. The fourth-order valence-electron chi connectivity index (χ4n) is 1.68. The molecule has 0 aliphatic heterocycles. The van der Waals surface area contributed by atoms with Crippen molar-refractivity contribution in [1.82, 2.24) is 15.2 Å². The average molecular weight is 342 g/mol. The van der Waals surface area contributed by atoms with E-state index in [1.807, 2.05) is 0 Å². The first-order chi connectivity index (χ1) is 10.7. The standard InChI is InChI=1S/C13H18N4O5S/c1-7(12(21)22)17(5-4-14-8(2)18)11(20)10-6-23-13(16-10)15-9(3)19/h6-7H,4-5H2,1-3H3,(H,14,18)(H,21,22)(H,15,16,19). The lowest BCUT2D eigenvalue weighted by atomic mass is 10.2. The largest absolute Gasteiger partial charge is 0.480 e. The summed E-state index contributed by atoms with van der Waals surface area (Å²) in [5.74, 6) is -2.35. The van der Waals surface area contributed by atoms with Gasteiger partial charge in [-0.15, -0.1) is 11.3 Å². The Morgan fingerprint density at radius 2 is 1.96 bits per heavy atom. The molecule has 1 unspecified atom stereocenters. The number of carbonyl (C=O) groups is 4. The number of carboxylic acids is 1. The number of amides is 3. The monoisotopic (exact) mass is 342 g/mol. The molecule has 0 aliphatic rings. The number of thiazole rings is 1. The zero-order valence-corrected chi connectivity index (χ0v) is 13.8. The molecule has 1 aromatic rings. The molecule has 0 spiro atoms. The van der Waals surface area contributed by atoms with Crippen LogP contribution in [-0.2, 0) is 14.4 Å². The number of nitrogens with one attached hydrogen (secondary N) is 2. The molecule has 0 aromatic carbocycles. The fourth-order valence-corrected chi connectivity index (χ4v) is 2.41. The van der Waals surface area contributed by atoms with Gasteiger partial charge in [0.15, 0.2) is 5.13 Å². The number of hydrogen-bond donors (Lipinski definition) is 3. The van der Waals surface area contributed by atoms with Gasteiger partial charge < -0.3 is 20.6 Å². The molecule has 0 fully saturated rings. The number of anilines is 1. The molecule has 23 heavy (non-hydrogen) atoms. The molecule has 126 valence electrons. The highest BCUT2D eigenvalue weighted by molar-refractivity contribution is 7.14. The minimum atomic E-state index is -1.17. The Morgan fingerprint density at radius 1 is 1.30 bits per heavy atom. The van der Waals surface area contributed by atoms with Crippen LogP contribution in [0.1, 0.15) is 31.3 Å². The SMILES string of the molecule is CC(=O)NCCN(C(=O)c1csc(NC(C)=O)n1)C(C)C(=O)O. The van der Waals surface area contributed by atoms with E-state index >= 15 is 0 Å². The Labute approximate surface area is 136 Å². The molecule has 1 aromatic heterocycles. The highest BCUT2D eigenvalue weighted by Crippen LogP contribution is 2.17. The van der Waals surface area contributed by atoms with Gasteiger partial charge in [-0.05, 0) is 6.92 Å². The molecule has 1 rings (SSSR count). The summed E-state index contributed by atoms with van der Waals surface area (Å²) in [6, 6.07) is -1.08.